The van der Waals surface area contributed by atoms with Crippen LogP contribution in [0.2, 0.25) is 0 Å². The molecular weight excluding hydrogens is 258 g/mol. The minimum atomic E-state index is 0.960. The van der Waals surface area contributed by atoms with E-state index in [1.165, 1.54) is 16.8 Å². The largest absolute Gasteiger partial charge is 0.355 e. The molecule has 0 bridgehead atoms. The molecule has 3 aromatic rings. The van der Waals surface area contributed by atoms with Crippen LogP contribution in [0.15, 0.2) is 54.7 Å². The van der Waals surface area contributed by atoms with Gasteiger partial charge in [-0.15, -0.1) is 0 Å². The number of anilines is 2. The van der Waals surface area contributed by atoms with E-state index >= 15 is 0 Å². The molecule has 0 aliphatic carbocycles. The van der Waals surface area contributed by atoms with Gasteiger partial charge in [-0.05, 0) is 42.3 Å². The van der Waals surface area contributed by atoms with E-state index in [4.69, 9.17) is 0 Å². The molecule has 1 aromatic heterocycles. The maximum atomic E-state index is 4.42. The molecule has 3 heteroatoms. The number of hydrogen-bond acceptors (Lipinski definition) is 3. The Hall–Kier alpha value is -2.39. The van der Waals surface area contributed by atoms with Crippen LogP contribution in [0.4, 0.5) is 11.4 Å². The van der Waals surface area contributed by atoms with Gasteiger partial charge in [0.25, 0.3) is 0 Å². The van der Waals surface area contributed by atoms with Crippen molar-refractivity contribution >= 4 is 22.3 Å². The molecule has 2 heterocycles. The first kappa shape index (κ1) is 12.4. The molecule has 0 unspecified atom stereocenters. The molecular formula is C18H17N3. The van der Waals surface area contributed by atoms with Crippen LogP contribution in [0, 0.1) is 0 Å². The smallest absolute Gasteiger partial charge is 0.0722 e. The lowest BCUT2D eigenvalue weighted by atomic mass is 9.99. The SMILES string of the molecule is c1cc2c(c(Nc3ccnc4ccccc34)c1)CCNC2. The molecule has 1 aliphatic heterocycles. The first-order valence-corrected chi connectivity index (χ1v) is 7.34. The van der Waals surface area contributed by atoms with Crippen molar-refractivity contribution in [3.63, 3.8) is 0 Å². The van der Waals surface area contributed by atoms with E-state index < -0.39 is 0 Å². The maximum Gasteiger partial charge on any atom is 0.0722 e. The molecule has 0 amide bonds. The Balaban J connectivity index is 1.79. The minimum absolute atomic E-state index is 0.960. The van der Waals surface area contributed by atoms with Gasteiger partial charge < -0.3 is 10.6 Å². The highest BCUT2D eigenvalue weighted by molar-refractivity contribution is 5.93. The Morgan fingerprint density at radius 2 is 1.90 bits per heavy atom. The predicted octanol–water partition coefficient (Wildman–Crippen LogP) is 3.62. The topological polar surface area (TPSA) is 37.0 Å². The second-order valence-electron chi connectivity index (χ2n) is 5.37. The van der Waals surface area contributed by atoms with Gasteiger partial charge in [0.1, 0.15) is 0 Å². The standard InChI is InChI=1S/C18H17N3/c1-2-6-16-15(5-1)18(9-11-20-16)21-17-7-3-4-13-12-19-10-8-14(13)17/h1-7,9,11,19H,8,10,12H2,(H,20,21). The number of nitrogens with one attached hydrogen (secondary N) is 2. The molecule has 3 nitrogen and oxygen atoms in total. The summed E-state index contributed by atoms with van der Waals surface area (Å²) in [7, 11) is 0. The zero-order valence-electron chi connectivity index (χ0n) is 11.8. The molecule has 4 rings (SSSR count). The fourth-order valence-electron chi connectivity index (χ4n) is 3.00. The monoisotopic (exact) mass is 275 g/mol. The zero-order valence-corrected chi connectivity index (χ0v) is 11.8. The van der Waals surface area contributed by atoms with Crippen molar-refractivity contribution in [1.29, 1.82) is 0 Å². The van der Waals surface area contributed by atoms with E-state index in [-0.39, 0.29) is 0 Å². The van der Waals surface area contributed by atoms with Crippen molar-refractivity contribution in [2.45, 2.75) is 13.0 Å². The second kappa shape index (κ2) is 5.19. The minimum Gasteiger partial charge on any atom is -0.355 e. The van der Waals surface area contributed by atoms with E-state index in [9.17, 15) is 0 Å². The number of para-hydroxylation sites is 1. The first-order chi connectivity index (χ1) is 10.4. The molecule has 0 spiro atoms. The summed E-state index contributed by atoms with van der Waals surface area (Å²) in [5, 5.41) is 8.19. The Kier molecular flexibility index (Phi) is 3.05. The van der Waals surface area contributed by atoms with E-state index in [0.29, 0.717) is 0 Å². The predicted molar refractivity (Wildman–Crippen MR) is 86.9 cm³/mol. The van der Waals surface area contributed by atoms with Crippen LogP contribution < -0.4 is 10.6 Å². The van der Waals surface area contributed by atoms with Gasteiger partial charge in [0.15, 0.2) is 0 Å². The summed E-state index contributed by atoms with van der Waals surface area (Å²) in [4.78, 5) is 4.42. The molecule has 0 fully saturated rings. The van der Waals surface area contributed by atoms with Crippen LogP contribution in [0.3, 0.4) is 0 Å². The summed E-state index contributed by atoms with van der Waals surface area (Å²) in [6, 6.07) is 16.8. The van der Waals surface area contributed by atoms with Gasteiger partial charge in [-0.2, -0.15) is 0 Å². The van der Waals surface area contributed by atoms with Gasteiger partial charge in [0.05, 0.1) is 5.52 Å². The van der Waals surface area contributed by atoms with Crippen LogP contribution >= 0.6 is 0 Å². The van der Waals surface area contributed by atoms with Gasteiger partial charge in [0.2, 0.25) is 0 Å². The fraction of sp³-hybridized carbons (Fsp3) is 0.167. The highest BCUT2D eigenvalue weighted by atomic mass is 14.9. The van der Waals surface area contributed by atoms with Crippen LogP contribution in [-0.4, -0.2) is 11.5 Å². The molecule has 0 radical (unpaired) electrons. The Morgan fingerprint density at radius 1 is 0.952 bits per heavy atom. The molecule has 21 heavy (non-hydrogen) atoms. The second-order valence-corrected chi connectivity index (χ2v) is 5.37. The molecule has 2 N–H and O–H groups in total. The van der Waals surface area contributed by atoms with E-state index in [0.717, 1.165) is 36.1 Å². The number of aromatic nitrogens is 1. The van der Waals surface area contributed by atoms with Gasteiger partial charge in [-0.1, -0.05) is 30.3 Å². The number of rotatable bonds is 2. The number of benzene rings is 2. The third-order valence-corrected chi connectivity index (χ3v) is 4.06. The van der Waals surface area contributed by atoms with Crippen molar-refractivity contribution in [1.82, 2.24) is 10.3 Å². The molecule has 2 aromatic carbocycles. The maximum absolute atomic E-state index is 4.42. The first-order valence-electron chi connectivity index (χ1n) is 7.34. The van der Waals surface area contributed by atoms with E-state index in [1.807, 2.05) is 24.4 Å². The van der Waals surface area contributed by atoms with Crippen LogP contribution in [0.1, 0.15) is 11.1 Å². The summed E-state index contributed by atoms with van der Waals surface area (Å²) in [5.74, 6) is 0. The number of hydrogen-bond donors (Lipinski definition) is 2. The molecule has 1 aliphatic rings. The normalized spacial score (nSPS) is 13.9. The lowest BCUT2D eigenvalue weighted by Crippen LogP contribution is -2.24. The Labute approximate surface area is 124 Å². The fourth-order valence-corrected chi connectivity index (χ4v) is 3.00. The number of nitrogens with zero attached hydrogens (tertiary/aromatic N) is 1. The van der Waals surface area contributed by atoms with Crippen molar-refractivity contribution < 1.29 is 0 Å². The van der Waals surface area contributed by atoms with Crippen LogP contribution in [0.5, 0.6) is 0 Å². The van der Waals surface area contributed by atoms with Gasteiger partial charge >= 0.3 is 0 Å². The van der Waals surface area contributed by atoms with Crippen molar-refractivity contribution in [3.05, 3.63) is 65.9 Å². The zero-order chi connectivity index (χ0) is 14.1. The summed E-state index contributed by atoms with van der Waals surface area (Å²) in [5.41, 5.74) is 6.17. The number of fused-ring (bicyclic) bond motifs is 2. The number of pyridine rings is 1. The average Bonchev–Trinajstić information content (AvgIpc) is 2.56. The van der Waals surface area contributed by atoms with Crippen LogP contribution in [-0.2, 0) is 13.0 Å². The van der Waals surface area contributed by atoms with Crippen molar-refractivity contribution in [2.75, 3.05) is 11.9 Å². The third kappa shape index (κ3) is 2.26. The summed E-state index contributed by atoms with van der Waals surface area (Å²) in [6.07, 6.45) is 2.93. The summed E-state index contributed by atoms with van der Waals surface area (Å²) in [6.45, 7) is 2.00. The van der Waals surface area contributed by atoms with Crippen LogP contribution in [0.25, 0.3) is 10.9 Å². The Morgan fingerprint density at radius 3 is 2.90 bits per heavy atom. The summed E-state index contributed by atoms with van der Waals surface area (Å²) < 4.78 is 0. The van der Waals surface area contributed by atoms with Gasteiger partial charge in [-0.3, -0.25) is 4.98 Å². The molecule has 0 atom stereocenters. The molecule has 0 saturated heterocycles. The van der Waals surface area contributed by atoms with Crippen molar-refractivity contribution in [2.24, 2.45) is 0 Å². The van der Waals surface area contributed by atoms with E-state index in [2.05, 4.69) is 45.9 Å². The lowest BCUT2D eigenvalue weighted by molar-refractivity contribution is 0.645. The Bertz CT molecular complexity index is 790. The highest BCUT2D eigenvalue weighted by Gasteiger charge is 2.13. The third-order valence-electron chi connectivity index (χ3n) is 4.06. The van der Waals surface area contributed by atoms with Gasteiger partial charge in [-0.25, -0.2) is 0 Å². The average molecular weight is 275 g/mol. The quantitative estimate of drug-likeness (QED) is 0.750. The summed E-state index contributed by atoms with van der Waals surface area (Å²) >= 11 is 0. The highest BCUT2D eigenvalue weighted by Crippen LogP contribution is 2.29. The molecule has 0 saturated carbocycles. The lowest BCUT2D eigenvalue weighted by Gasteiger charge is -2.21. The molecule has 104 valence electrons. The van der Waals surface area contributed by atoms with Crippen molar-refractivity contribution in [3.8, 4) is 0 Å². The van der Waals surface area contributed by atoms with E-state index in [1.54, 1.807) is 0 Å². The van der Waals surface area contributed by atoms with Gasteiger partial charge in [0, 0.05) is 29.5 Å².